The van der Waals surface area contributed by atoms with Crippen LogP contribution in [0.4, 0.5) is 0 Å². The van der Waals surface area contributed by atoms with Crippen molar-refractivity contribution in [3.05, 3.63) is 0 Å². The van der Waals surface area contributed by atoms with Gasteiger partial charge in [-0.3, -0.25) is 0 Å². The second-order valence-electron chi connectivity index (χ2n) is 3.81. The molecule has 0 aliphatic heterocycles. The van der Waals surface area contributed by atoms with Gasteiger partial charge in [0.15, 0.2) is 0 Å². The third-order valence-electron chi connectivity index (χ3n) is 3.35. The van der Waals surface area contributed by atoms with Crippen LogP contribution in [0.5, 0.6) is 0 Å². The van der Waals surface area contributed by atoms with E-state index >= 15 is 0 Å². The fourth-order valence-electron chi connectivity index (χ4n) is 1.89. The summed E-state index contributed by atoms with van der Waals surface area (Å²) in [4.78, 5) is 10.4. The monoisotopic (exact) mass is 248 g/mol. The second-order valence-corrected chi connectivity index (χ2v) is 15.6. The van der Waals surface area contributed by atoms with Gasteiger partial charge in [0.05, 0.1) is 0 Å². The topological polar surface area (TPSA) is 37.3 Å². The molecular formula is C10H22GeO2. The Kier molecular flexibility index (Phi) is 6.47. The molecule has 0 aromatic rings. The zero-order valence-electron chi connectivity index (χ0n) is 9.10. The first-order valence-corrected chi connectivity index (χ1v) is 11.3. The molecule has 0 atom stereocenters. The Morgan fingerprint density at radius 1 is 1.15 bits per heavy atom. The molecule has 13 heavy (non-hydrogen) atoms. The van der Waals surface area contributed by atoms with Crippen LogP contribution in [0.25, 0.3) is 0 Å². The van der Waals surface area contributed by atoms with Crippen LogP contribution in [0, 0.1) is 0 Å². The summed E-state index contributed by atoms with van der Waals surface area (Å²) in [6, 6.07) is 0. The van der Waals surface area contributed by atoms with Crippen molar-refractivity contribution in [2.24, 2.45) is 0 Å². The molecule has 0 aliphatic carbocycles. The predicted octanol–water partition coefficient (Wildman–Crippen LogP) is 3.36. The molecule has 0 aromatic carbocycles. The van der Waals surface area contributed by atoms with Crippen molar-refractivity contribution in [3.8, 4) is 0 Å². The van der Waals surface area contributed by atoms with Gasteiger partial charge in [-0.1, -0.05) is 0 Å². The Labute approximate surface area is 84.1 Å². The molecule has 78 valence electrons. The van der Waals surface area contributed by atoms with E-state index in [9.17, 15) is 4.79 Å². The standard InChI is InChI=1S/C10H22GeO2/c1-4-11(5-2,6-3)9-7-8-10(12)13/h4-9H2,1-3H3,(H,12,13). The van der Waals surface area contributed by atoms with Gasteiger partial charge in [0.2, 0.25) is 0 Å². The van der Waals surface area contributed by atoms with Crippen LogP contribution in [0.1, 0.15) is 33.6 Å². The first kappa shape index (κ1) is 13.0. The summed E-state index contributed by atoms with van der Waals surface area (Å²) in [6.45, 7) is 6.86. The molecule has 0 saturated carbocycles. The van der Waals surface area contributed by atoms with Gasteiger partial charge >= 0.3 is 83.8 Å². The summed E-state index contributed by atoms with van der Waals surface area (Å²) >= 11 is -1.55. The summed E-state index contributed by atoms with van der Waals surface area (Å²) < 4.78 is 0. The predicted molar refractivity (Wildman–Crippen MR) is 58.9 cm³/mol. The second kappa shape index (κ2) is 6.46. The Bertz CT molecular complexity index is 145. The van der Waals surface area contributed by atoms with E-state index in [2.05, 4.69) is 20.8 Å². The van der Waals surface area contributed by atoms with E-state index in [1.807, 2.05) is 0 Å². The Morgan fingerprint density at radius 3 is 1.92 bits per heavy atom. The minimum atomic E-state index is -1.55. The third-order valence-corrected chi connectivity index (χ3v) is 15.8. The van der Waals surface area contributed by atoms with Crippen molar-refractivity contribution in [1.82, 2.24) is 0 Å². The first-order chi connectivity index (χ1) is 6.10. The zero-order chi connectivity index (χ0) is 10.3. The van der Waals surface area contributed by atoms with Gasteiger partial charge in [0, 0.05) is 0 Å². The molecule has 0 radical (unpaired) electrons. The summed E-state index contributed by atoms with van der Waals surface area (Å²) in [6.07, 6.45) is 1.28. The fourth-order valence-corrected chi connectivity index (χ4v) is 9.21. The molecule has 0 bridgehead atoms. The van der Waals surface area contributed by atoms with Gasteiger partial charge in [0.25, 0.3) is 0 Å². The number of carbonyl (C=O) groups is 1. The maximum atomic E-state index is 10.4. The van der Waals surface area contributed by atoms with Crippen molar-refractivity contribution in [2.45, 2.75) is 54.6 Å². The Morgan fingerprint density at radius 2 is 1.62 bits per heavy atom. The third kappa shape index (κ3) is 4.70. The minimum absolute atomic E-state index is 0.368. The number of carboxylic acids is 1. The van der Waals surface area contributed by atoms with Gasteiger partial charge in [-0.05, 0) is 0 Å². The molecule has 2 nitrogen and oxygen atoms in total. The summed E-state index contributed by atoms with van der Waals surface area (Å²) in [5.41, 5.74) is 0. The van der Waals surface area contributed by atoms with Crippen molar-refractivity contribution in [2.75, 3.05) is 0 Å². The van der Waals surface area contributed by atoms with E-state index in [4.69, 9.17) is 5.11 Å². The molecule has 0 aromatic heterocycles. The van der Waals surface area contributed by atoms with Crippen molar-refractivity contribution < 1.29 is 9.90 Å². The van der Waals surface area contributed by atoms with Crippen LogP contribution in [0.3, 0.4) is 0 Å². The maximum absolute atomic E-state index is 10.4. The van der Waals surface area contributed by atoms with E-state index in [0.29, 0.717) is 6.42 Å². The molecule has 0 aliphatic rings. The molecule has 0 spiro atoms. The van der Waals surface area contributed by atoms with Gasteiger partial charge in [-0.2, -0.15) is 0 Å². The van der Waals surface area contributed by atoms with Crippen molar-refractivity contribution in [1.29, 1.82) is 0 Å². The summed E-state index contributed by atoms with van der Waals surface area (Å²) in [5.74, 6) is -0.639. The normalized spacial score (nSPS) is 11.6. The van der Waals surface area contributed by atoms with E-state index in [1.165, 1.54) is 21.0 Å². The quantitative estimate of drug-likeness (QED) is 0.700. The van der Waals surface area contributed by atoms with Gasteiger partial charge < -0.3 is 0 Å². The van der Waals surface area contributed by atoms with Gasteiger partial charge in [0.1, 0.15) is 0 Å². The average Bonchev–Trinajstić information content (AvgIpc) is 2.13. The van der Waals surface area contributed by atoms with Gasteiger partial charge in [-0.15, -0.1) is 0 Å². The van der Waals surface area contributed by atoms with Crippen LogP contribution in [0.15, 0.2) is 0 Å². The van der Waals surface area contributed by atoms with E-state index in [0.717, 1.165) is 6.42 Å². The Balaban J connectivity index is 3.88. The molecule has 3 heteroatoms. The molecular weight excluding hydrogens is 225 g/mol. The SMILES string of the molecule is C[CH2][Ge]([CH2]C)([CH2]C)[CH2]CCC(=O)O. The summed E-state index contributed by atoms with van der Waals surface area (Å²) in [5, 5.41) is 13.9. The van der Waals surface area contributed by atoms with Crippen LogP contribution in [-0.4, -0.2) is 24.3 Å². The van der Waals surface area contributed by atoms with Crippen LogP contribution >= 0.6 is 0 Å². The van der Waals surface area contributed by atoms with E-state index in [-0.39, 0.29) is 0 Å². The van der Waals surface area contributed by atoms with E-state index in [1.54, 1.807) is 0 Å². The molecule has 1 N–H and O–H groups in total. The number of rotatable bonds is 7. The molecule has 0 heterocycles. The van der Waals surface area contributed by atoms with Crippen molar-refractivity contribution in [3.63, 3.8) is 0 Å². The molecule has 0 unspecified atom stereocenters. The number of hydrogen-bond acceptors (Lipinski definition) is 1. The number of hydrogen-bond donors (Lipinski definition) is 1. The number of aliphatic carboxylic acids is 1. The molecule has 0 fully saturated rings. The van der Waals surface area contributed by atoms with Crippen molar-refractivity contribution >= 4 is 19.2 Å². The number of carboxylic acid groups (broad SMARTS) is 1. The summed E-state index contributed by atoms with van der Waals surface area (Å²) in [7, 11) is 0. The molecule has 0 rings (SSSR count). The average molecular weight is 247 g/mol. The Hall–Kier alpha value is 0.0129. The first-order valence-electron chi connectivity index (χ1n) is 5.32. The van der Waals surface area contributed by atoms with E-state index < -0.39 is 19.2 Å². The fraction of sp³-hybridized carbons (Fsp3) is 0.900. The van der Waals surface area contributed by atoms with Gasteiger partial charge in [-0.25, -0.2) is 0 Å². The van der Waals surface area contributed by atoms with Crippen LogP contribution < -0.4 is 0 Å². The molecule has 0 saturated heterocycles. The zero-order valence-corrected chi connectivity index (χ0v) is 11.2. The van der Waals surface area contributed by atoms with Crippen LogP contribution in [-0.2, 0) is 4.79 Å². The molecule has 0 amide bonds. The van der Waals surface area contributed by atoms with Crippen LogP contribution in [0.2, 0.25) is 21.0 Å².